The molecule has 1 aromatic rings. The molecule has 0 aliphatic heterocycles. The highest BCUT2D eigenvalue weighted by Gasteiger charge is 2.11. The van der Waals surface area contributed by atoms with E-state index in [-0.39, 0.29) is 0 Å². The predicted octanol–water partition coefficient (Wildman–Crippen LogP) is 3.92. The van der Waals surface area contributed by atoms with Crippen LogP contribution in [-0.4, -0.2) is 6.04 Å². The average Bonchev–Trinajstić information content (AvgIpc) is 2.29. The van der Waals surface area contributed by atoms with E-state index in [0.29, 0.717) is 12.1 Å². The number of hydrogen-bond donors (Lipinski definition) is 1. The SMILES string of the molecule is CCC[C@@H](N[C@H](C)CC)c1ccccc1. The molecule has 1 N–H and O–H groups in total. The normalized spacial score (nSPS) is 14.9. The molecule has 0 aliphatic carbocycles. The molecule has 0 heterocycles. The zero-order chi connectivity index (χ0) is 11.1. The summed E-state index contributed by atoms with van der Waals surface area (Å²) in [6.45, 7) is 6.73. The fourth-order valence-corrected chi connectivity index (χ4v) is 1.78. The van der Waals surface area contributed by atoms with Gasteiger partial charge in [0, 0.05) is 12.1 Å². The lowest BCUT2D eigenvalue weighted by Gasteiger charge is -2.22. The van der Waals surface area contributed by atoms with E-state index < -0.39 is 0 Å². The molecule has 84 valence electrons. The zero-order valence-corrected chi connectivity index (χ0v) is 10.2. The van der Waals surface area contributed by atoms with E-state index in [1.807, 2.05) is 0 Å². The molecule has 0 bridgehead atoms. The third-order valence-electron chi connectivity index (χ3n) is 2.88. The highest BCUT2D eigenvalue weighted by atomic mass is 14.9. The summed E-state index contributed by atoms with van der Waals surface area (Å²) < 4.78 is 0. The lowest BCUT2D eigenvalue weighted by atomic mass is 10.0. The molecule has 1 nitrogen and oxygen atoms in total. The Hall–Kier alpha value is -0.820. The van der Waals surface area contributed by atoms with E-state index in [4.69, 9.17) is 0 Å². The Balaban J connectivity index is 2.65. The summed E-state index contributed by atoms with van der Waals surface area (Å²) in [7, 11) is 0. The molecule has 0 fully saturated rings. The van der Waals surface area contributed by atoms with Gasteiger partial charge in [0.2, 0.25) is 0 Å². The van der Waals surface area contributed by atoms with Crippen LogP contribution in [-0.2, 0) is 0 Å². The predicted molar refractivity (Wildman–Crippen MR) is 67.0 cm³/mol. The Morgan fingerprint density at radius 2 is 1.80 bits per heavy atom. The van der Waals surface area contributed by atoms with Crippen LogP contribution in [0.2, 0.25) is 0 Å². The summed E-state index contributed by atoms with van der Waals surface area (Å²) in [5.74, 6) is 0. The van der Waals surface area contributed by atoms with Crippen LogP contribution in [0.3, 0.4) is 0 Å². The molecular weight excluding hydrogens is 182 g/mol. The van der Waals surface area contributed by atoms with Crippen LogP contribution < -0.4 is 5.32 Å². The molecule has 0 saturated heterocycles. The van der Waals surface area contributed by atoms with Gasteiger partial charge in [0.15, 0.2) is 0 Å². The van der Waals surface area contributed by atoms with Crippen molar-refractivity contribution in [1.82, 2.24) is 5.32 Å². The Morgan fingerprint density at radius 1 is 1.13 bits per heavy atom. The summed E-state index contributed by atoms with van der Waals surface area (Å²) in [6, 6.07) is 11.9. The van der Waals surface area contributed by atoms with Gasteiger partial charge < -0.3 is 5.32 Å². The lowest BCUT2D eigenvalue weighted by Crippen LogP contribution is -2.29. The fraction of sp³-hybridized carbons (Fsp3) is 0.571. The molecule has 2 atom stereocenters. The highest BCUT2D eigenvalue weighted by Crippen LogP contribution is 2.19. The second-order valence-electron chi connectivity index (χ2n) is 4.23. The van der Waals surface area contributed by atoms with Gasteiger partial charge in [0.05, 0.1) is 0 Å². The van der Waals surface area contributed by atoms with E-state index in [9.17, 15) is 0 Å². The first kappa shape index (κ1) is 12.3. The fourth-order valence-electron chi connectivity index (χ4n) is 1.78. The van der Waals surface area contributed by atoms with Crippen molar-refractivity contribution in [3.8, 4) is 0 Å². The van der Waals surface area contributed by atoms with Gasteiger partial charge in [-0.05, 0) is 25.3 Å². The summed E-state index contributed by atoms with van der Waals surface area (Å²) >= 11 is 0. The maximum atomic E-state index is 3.68. The van der Waals surface area contributed by atoms with Gasteiger partial charge in [-0.1, -0.05) is 50.6 Å². The molecule has 0 radical (unpaired) electrons. The summed E-state index contributed by atoms with van der Waals surface area (Å²) in [4.78, 5) is 0. The Labute approximate surface area is 93.9 Å². The number of benzene rings is 1. The number of hydrogen-bond acceptors (Lipinski definition) is 1. The van der Waals surface area contributed by atoms with E-state index in [1.165, 1.54) is 24.8 Å². The van der Waals surface area contributed by atoms with Crippen LogP contribution in [0, 0.1) is 0 Å². The standard InChI is InChI=1S/C14H23N/c1-4-9-14(15-12(3)5-2)13-10-7-6-8-11-13/h6-8,10-12,14-15H,4-5,9H2,1-3H3/t12-,14-/m1/s1. The smallest absolute Gasteiger partial charge is 0.0322 e. The Bertz CT molecular complexity index is 255. The van der Waals surface area contributed by atoms with E-state index in [1.54, 1.807) is 0 Å². The van der Waals surface area contributed by atoms with Gasteiger partial charge >= 0.3 is 0 Å². The van der Waals surface area contributed by atoms with Crippen molar-refractivity contribution in [3.63, 3.8) is 0 Å². The second kappa shape index (κ2) is 6.62. The molecule has 0 aliphatic rings. The maximum Gasteiger partial charge on any atom is 0.0322 e. The quantitative estimate of drug-likeness (QED) is 0.742. The summed E-state index contributed by atoms with van der Waals surface area (Å²) in [5, 5.41) is 3.68. The van der Waals surface area contributed by atoms with Crippen molar-refractivity contribution >= 4 is 0 Å². The molecule has 0 saturated carbocycles. The monoisotopic (exact) mass is 205 g/mol. The third kappa shape index (κ3) is 4.05. The first-order chi connectivity index (χ1) is 7.27. The Kier molecular flexibility index (Phi) is 5.41. The van der Waals surface area contributed by atoms with Gasteiger partial charge in [0.25, 0.3) is 0 Å². The first-order valence-corrected chi connectivity index (χ1v) is 6.08. The van der Waals surface area contributed by atoms with Crippen LogP contribution in [0.1, 0.15) is 51.6 Å². The van der Waals surface area contributed by atoms with Gasteiger partial charge in [-0.25, -0.2) is 0 Å². The number of rotatable bonds is 6. The zero-order valence-electron chi connectivity index (χ0n) is 10.2. The van der Waals surface area contributed by atoms with Gasteiger partial charge in [-0.2, -0.15) is 0 Å². The van der Waals surface area contributed by atoms with Crippen molar-refractivity contribution in [2.75, 3.05) is 0 Å². The van der Waals surface area contributed by atoms with Crippen LogP contribution in [0.4, 0.5) is 0 Å². The van der Waals surface area contributed by atoms with Gasteiger partial charge in [0.1, 0.15) is 0 Å². The van der Waals surface area contributed by atoms with Crippen LogP contribution in [0.25, 0.3) is 0 Å². The van der Waals surface area contributed by atoms with E-state index in [2.05, 4.69) is 56.4 Å². The van der Waals surface area contributed by atoms with Crippen LogP contribution in [0.15, 0.2) is 30.3 Å². The minimum Gasteiger partial charge on any atom is -0.307 e. The van der Waals surface area contributed by atoms with Crippen molar-refractivity contribution in [1.29, 1.82) is 0 Å². The minimum absolute atomic E-state index is 0.520. The van der Waals surface area contributed by atoms with Crippen molar-refractivity contribution in [2.24, 2.45) is 0 Å². The molecule has 1 rings (SSSR count). The Morgan fingerprint density at radius 3 is 2.33 bits per heavy atom. The molecule has 1 aromatic carbocycles. The molecule has 0 unspecified atom stereocenters. The molecule has 1 heteroatoms. The van der Waals surface area contributed by atoms with Crippen LogP contribution in [0.5, 0.6) is 0 Å². The maximum absolute atomic E-state index is 3.68. The van der Waals surface area contributed by atoms with Crippen molar-refractivity contribution in [3.05, 3.63) is 35.9 Å². The van der Waals surface area contributed by atoms with Crippen LogP contribution >= 0.6 is 0 Å². The van der Waals surface area contributed by atoms with E-state index in [0.717, 1.165) is 0 Å². The second-order valence-corrected chi connectivity index (χ2v) is 4.23. The highest BCUT2D eigenvalue weighted by molar-refractivity contribution is 5.18. The molecule has 15 heavy (non-hydrogen) atoms. The minimum atomic E-state index is 0.520. The third-order valence-corrected chi connectivity index (χ3v) is 2.88. The molecular formula is C14H23N. The average molecular weight is 205 g/mol. The number of nitrogens with one attached hydrogen (secondary N) is 1. The molecule has 0 amide bonds. The molecule has 0 spiro atoms. The topological polar surface area (TPSA) is 12.0 Å². The molecule has 0 aromatic heterocycles. The van der Waals surface area contributed by atoms with Gasteiger partial charge in [-0.15, -0.1) is 0 Å². The largest absolute Gasteiger partial charge is 0.307 e. The lowest BCUT2D eigenvalue weighted by molar-refractivity contribution is 0.423. The van der Waals surface area contributed by atoms with Crippen molar-refractivity contribution in [2.45, 2.75) is 52.1 Å². The summed E-state index contributed by atoms with van der Waals surface area (Å²) in [5.41, 5.74) is 1.42. The van der Waals surface area contributed by atoms with Crippen molar-refractivity contribution < 1.29 is 0 Å². The summed E-state index contributed by atoms with van der Waals surface area (Å²) in [6.07, 6.45) is 3.63. The van der Waals surface area contributed by atoms with E-state index >= 15 is 0 Å². The van der Waals surface area contributed by atoms with Gasteiger partial charge in [-0.3, -0.25) is 0 Å². The first-order valence-electron chi connectivity index (χ1n) is 6.08.